The quantitative estimate of drug-likeness (QED) is 0.579. The number of carbonyl (C=O) groups is 2. The monoisotopic (exact) mass is 408 g/mol. The van der Waals surface area contributed by atoms with Crippen LogP contribution in [0.3, 0.4) is 0 Å². The predicted octanol–water partition coefficient (Wildman–Crippen LogP) is 4.72. The molecule has 1 atom stereocenters. The Kier molecular flexibility index (Phi) is 7.50. The molecular weight excluding hydrogens is 376 g/mol. The first-order valence-corrected chi connectivity index (χ1v) is 10.9. The van der Waals surface area contributed by atoms with Gasteiger partial charge in [-0.15, -0.1) is 0 Å². The van der Waals surface area contributed by atoms with Gasteiger partial charge in [0.25, 0.3) is 5.91 Å². The van der Waals surface area contributed by atoms with Gasteiger partial charge in [0.2, 0.25) is 5.91 Å². The van der Waals surface area contributed by atoms with E-state index >= 15 is 0 Å². The first kappa shape index (κ1) is 21.9. The summed E-state index contributed by atoms with van der Waals surface area (Å²) in [5.41, 5.74) is 2.36. The summed E-state index contributed by atoms with van der Waals surface area (Å²) in [6.45, 7) is 8.08. The van der Waals surface area contributed by atoms with Gasteiger partial charge in [0.05, 0.1) is 6.61 Å². The maximum absolute atomic E-state index is 13.1. The fourth-order valence-corrected chi connectivity index (χ4v) is 3.62. The minimum atomic E-state index is -0.596. The molecule has 0 aromatic heterocycles. The van der Waals surface area contributed by atoms with Crippen LogP contribution in [0.25, 0.3) is 0 Å². The number of ether oxygens (including phenoxy) is 1. The van der Waals surface area contributed by atoms with Gasteiger partial charge in [0.15, 0.2) is 0 Å². The Balaban J connectivity index is 1.74. The Morgan fingerprint density at radius 2 is 1.87 bits per heavy atom. The van der Waals surface area contributed by atoms with Crippen molar-refractivity contribution in [1.82, 2.24) is 10.2 Å². The Hall–Kier alpha value is -2.82. The molecule has 5 nitrogen and oxygen atoms in total. The van der Waals surface area contributed by atoms with Crippen molar-refractivity contribution in [1.29, 1.82) is 0 Å². The average Bonchev–Trinajstić information content (AvgIpc) is 3.01. The van der Waals surface area contributed by atoms with Crippen molar-refractivity contribution in [3.63, 3.8) is 0 Å². The predicted molar refractivity (Wildman–Crippen MR) is 118 cm³/mol. The standard InChI is InChI=1S/C25H32N2O3/c1-4-5-16-30-20-12-10-19(11-13-20)17-27-23(24(28)26-15-14-18(2)3)21-8-6-7-9-22(21)25(27)29/h6-13,18,23H,4-5,14-17H2,1-3H3,(H,26,28). The summed E-state index contributed by atoms with van der Waals surface area (Å²) in [6.07, 6.45) is 3.03. The lowest BCUT2D eigenvalue weighted by Crippen LogP contribution is -2.39. The van der Waals surface area contributed by atoms with E-state index in [4.69, 9.17) is 4.74 Å². The Labute approximate surface area is 179 Å². The van der Waals surface area contributed by atoms with E-state index in [0.29, 0.717) is 31.2 Å². The number of amides is 2. The summed E-state index contributed by atoms with van der Waals surface area (Å²) in [6, 6.07) is 14.6. The van der Waals surface area contributed by atoms with Crippen molar-refractivity contribution in [2.75, 3.05) is 13.2 Å². The third-order valence-electron chi connectivity index (χ3n) is 5.37. The lowest BCUT2D eigenvalue weighted by molar-refractivity contribution is -0.125. The van der Waals surface area contributed by atoms with Gasteiger partial charge in [0, 0.05) is 18.7 Å². The smallest absolute Gasteiger partial charge is 0.255 e. The molecule has 0 fully saturated rings. The number of hydrogen-bond donors (Lipinski definition) is 1. The van der Waals surface area contributed by atoms with Crippen LogP contribution in [0.15, 0.2) is 48.5 Å². The van der Waals surface area contributed by atoms with E-state index in [1.807, 2.05) is 42.5 Å². The maximum Gasteiger partial charge on any atom is 0.255 e. The minimum absolute atomic E-state index is 0.0992. The summed E-state index contributed by atoms with van der Waals surface area (Å²) < 4.78 is 5.72. The third kappa shape index (κ3) is 5.21. The SMILES string of the molecule is CCCCOc1ccc(CN2C(=O)c3ccccc3C2C(=O)NCCC(C)C)cc1. The zero-order valence-corrected chi connectivity index (χ0v) is 18.2. The van der Waals surface area contributed by atoms with E-state index in [1.165, 1.54) is 0 Å². The number of carbonyl (C=O) groups excluding carboxylic acids is 2. The molecule has 1 aliphatic rings. The number of unbranched alkanes of at least 4 members (excludes halogenated alkanes) is 1. The average molecular weight is 409 g/mol. The molecule has 0 saturated carbocycles. The van der Waals surface area contributed by atoms with Gasteiger partial charge < -0.3 is 15.0 Å². The Morgan fingerprint density at radius 1 is 1.13 bits per heavy atom. The highest BCUT2D eigenvalue weighted by molar-refractivity contribution is 6.04. The van der Waals surface area contributed by atoms with Crippen molar-refractivity contribution in [2.45, 2.75) is 52.6 Å². The molecule has 1 N–H and O–H groups in total. The van der Waals surface area contributed by atoms with E-state index in [0.717, 1.165) is 36.1 Å². The number of hydrogen-bond acceptors (Lipinski definition) is 3. The van der Waals surface area contributed by atoms with Crippen LogP contribution < -0.4 is 10.1 Å². The van der Waals surface area contributed by atoms with Crippen LogP contribution in [-0.4, -0.2) is 29.9 Å². The van der Waals surface area contributed by atoms with Crippen LogP contribution in [0, 0.1) is 5.92 Å². The maximum atomic E-state index is 13.1. The van der Waals surface area contributed by atoms with Crippen LogP contribution in [-0.2, 0) is 11.3 Å². The van der Waals surface area contributed by atoms with Crippen LogP contribution in [0.4, 0.5) is 0 Å². The van der Waals surface area contributed by atoms with E-state index in [1.54, 1.807) is 11.0 Å². The molecule has 2 aromatic rings. The second kappa shape index (κ2) is 10.3. The van der Waals surface area contributed by atoms with Gasteiger partial charge in [-0.25, -0.2) is 0 Å². The van der Waals surface area contributed by atoms with E-state index in [-0.39, 0.29) is 11.8 Å². The highest BCUT2D eigenvalue weighted by Gasteiger charge is 2.40. The zero-order chi connectivity index (χ0) is 21.5. The largest absolute Gasteiger partial charge is 0.494 e. The molecular formula is C25H32N2O3. The Morgan fingerprint density at radius 3 is 2.57 bits per heavy atom. The van der Waals surface area contributed by atoms with Crippen molar-refractivity contribution < 1.29 is 14.3 Å². The lowest BCUT2D eigenvalue weighted by Gasteiger charge is -2.25. The molecule has 2 aromatic carbocycles. The normalized spacial score (nSPS) is 15.4. The third-order valence-corrected chi connectivity index (χ3v) is 5.37. The van der Waals surface area contributed by atoms with Gasteiger partial charge in [0.1, 0.15) is 11.8 Å². The summed E-state index contributed by atoms with van der Waals surface area (Å²) >= 11 is 0. The summed E-state index contributed by atoms with van der Waals surface area (Å²) in [7, 11) is 0. The molecule has 1 heterocycles. The molecule has 2 amide bonds. The summed E-state index contributed by atoms with van der Waals surface area (Å²) in [5, 5.41) is 3.02. The molecule has 160 valence electrons. The van der Waals surface area contributed by atoms with Gasteiger partial charge in [-0.1, -0.05) is 57.5 Å². The lowest BCUT2D eigenvalue weighted by atomic mass is 10.0. The number of rotatable bonds is 10. The van der Waals surface area contributed by atoms with Crippen molar-refractivity contribution in [3.8, 4) is 5.75 Å². The van der Waals surface area contributed by atoms with Crippen molar-refractivity contribution in [3.05, 3.63) is 65.2 Å². The summed E-state index contributed by atoms with van der Waals surface area (Å²) in [5.74, 6) is 1.12. The first-order valence-electron chi connectivity index (χ1n) is 10.9. The molecule has 1 unspecified atom stereocenters. The molecule has 5 heteroatoms. The highest BCUT2D eigenvalue weighted by atomic mass is 16.5. The molecule has 1 aliphatic heterocycles. The van der Waals surface area contributed by atoms with Crippen molar-refractivity contribution in [2.24, 2.45) is 5.92 Å². The van der Waals surface area contributed by atoms with E-state index in [9.17, 15) is 9.59 Å². The topological polar surface area (TPSA) is 58.6 Å². The molecule has 0 aliphatic carbocycles. The number of nitrogens with one attached hydrogen (secondary N) is 1. The second-order valence-electron chi connectivity index (χ2n) is 8.24. The molecule has 0 radical (unpaired) electrons. The second-order valence-corrected chi connectivity index (χ2v) is 8.24. The minimum Gasteiger partial charge on any atom is -0.494 e. The highest BCUT2D eigenvalue weighted by Crippen LogP contribution is 2.35. The van der Waals surface area contributed by atoms with Gasteiger partial charge in [-0.05, 0) is 48.1 Å². The van der Waals surface area contributed by atoms with Crippen LogP contribution in [0.1, 0.15) is 67.6 Å². The first-order chi connectivity index (χ1) is 14.5. The Bertz CT molecular complexity index is 861. The van der Waals surface area contributed by atoms with Gasteiger partial charge >= 0.3 is 0 Å². The fraction of sp³-hybridized carbons (Fsp3) is 0.440. The number of fused-ring (bicyclic) bond motifs is 1. The fourth-order valence-electron chi connectivity index (χ4n) is 3.62. The van der Waals surface area contributed by atoms with Crippen LogP contribution in [0.5, 0.6) is 5.75 Å². The molecule has 30 heavy (non-hydrogen) atoms. The molecule has 0 saturated heterocycles. The van der Waals surface area contributed by atoms with Gasteiger partial charge in [-0.3, -0.25) is 9.59 Å². The van der Waals surface area contributed by atoms with E-state index < -0.39 is 6.04 Å². The summed E-state index contributed by atoms with van der Waals surface area (Å²) in [4.78, 5) is 27.7. The molecule has 3 rings (SSSR count). The number of nitrogens with zero attached hydrogens (tertiary/aromatic N) is 1. The van der Waals surface area contributed by atoms with Crippen molar-refractivity contribution >= 4 is 11.8 Å². The zero-order valence-electron chi connectivity index (χ0n) is 18.2. The van der Waals surface area contributed by atoms with Crippen LogP contribution in [0.2, 0.25) is 0 Å². The van der Waals surface area contributed by atoms with Crippen LogP contribution >= 0.6 is 0 Å². The number of benzene rings is 2. The van der Waals surface area contributed by atoms with Gasteiger partial charge in [-0.2, -0.15) is 0 Å². The molecule has 0 bridgehead atoms. The molecule has 0 spiro atoms. The van der Waals surface area contributed by atoms with E-state index in [2.05, 4.69) is 26.1 Å².